The third-order valence-electron chi connectivity index (χ3n) is 4.21. The molecular weight excluding hydrogens is 376 g/mol. The first-order valence-electron chi connectivity index (χ1n) is 8.73. The van der Waals surface area contributed by atoms with E-state index in [9.17, 15) is 4.79 Å². The number of hydrazine groups is 1. The summed E-state index contributed by atoms with van der Waals surface area (Å²) in [5.41, 5.74) is 7.73. The van der Waals surface area contributed by atoms with E-state index in [0.29, 0.717) is 28.9 Å². The second-order valence-corrected chi connectivity index (χ2v) is 6.45. The number of aromatic nitrogens is 1. The lowest BCUT2D eigenvalue weighted by Crippen LogP contribution is -2.47. The Hall–Kier alpha value is -3.26. The fourth-order valence-electron chi connectivity index (χ4n) is 2.78. The molecular formula is C20H22N4O3S. The Morgan fingerprint density at radius 2 is 1.82 bits per heavy atom. The summed E-state index contributed by atoms with van der Waals surface area (Å²) in [6, 6.07) is 15.2. The molecule has 1 amide bonds. The van der Waals surface area contributed by atoms with Gasteiger partial charge in [-0.3, -0.25) is 15.6 Å². The van der Waals surface area contributed by atoms with Crippen molar-refractivity contribution in [1.82, 2.24) is 21.2 Å². The highest BCUT2D eigenvalue weighted by Crippen LogP contribution is 2.27. The van der Waals surface area contributed by atoms with Crippen LogP contribution in [0.5, 0.6) is 11.5 Å². The number of nitrogens with one attached hydrogen (secondary N) is 4. The van der Waals surface area contributed by atoms with Gasteiger partial charge in [0, 0.05) is 17.4 Å². The molecule has 1 aromatic heterocycles. The molecule has 146 valence electrons. The Balaban J connectivity index is 1.45. The van der Waals surface area contributed by atoms with Gasteiger partial charge >= 0.3 is 0 Å². The number of amides is 1. The van der Waals surface area contributed by atoms with Crippen LogP contribution in [-0.2, 0) is 6.42 Å². The zero-order valence-corrected chi connectivity index (χ0v) is 16.5. The molecule has 8 heteroatoms. The van der Waals surface area contributed by atoms with Gasteiger partial charge in [0.1, 0.15) is 5.69 Å². The smallest absolute Gasteiger partial charge is 0.286 e. The van der Waals surface area contributed by atoms with E-state index < -0.39 is 0 Å². The van der Waals surface area contributed by atoms with Crippen LogP contribution < -0.4 is 25.6 Å². The first-order valence-corrected chi connectivity index (χ1v) is 9.14. The standard InChI is InChI=1S/C20H22N4O3S/c1-26-17-8-7-13(11-18(17)27-2)9-10-21-20(28)24-23-19(25)16-12-14-5-3-4-6-15(14)22-16/h3-8,11-12,22H,9-10H2,1-2H3,(H,23,25)(H2,21,24,28). The minimum atomic E-state index is -0.291. The average Bonchev–Trinajstić information content (AvgIpc) is 3.16. The van der Waals surface area contributed by atoms with Crippen LogP contribution >= 0.6 is 12.2 Å². The maximum absolute atomic E-state index is 12.2. The van der Waals surface area contributed by atoms with Crippen LogP contribution in [0.2, 0.25) is 0 Å². The van der Waals surface area contributed by atoms with Crippen molar-refractivity contribution in [1.29, 1.82) is 0 Å². The first kappa shape index (κ1) is 19.5. The molecule has 4 N–H and O–H groups in total. The van der Waals surface area contributed by atoms with Gasteiger partial charge in [-0.1, -0.05) is 24.3 Å². The number of fused-ring (bicyclic) bond motifs is 1. The van der Waals surface area contributed by atoms with Crippen molar-refractivity contribution in [2.24, 2.45) is 0 Å². The van der Waals surface area contributed by atoms with E-state index >= 15 is 0 Å². The summed E-state index contributed by atoms with van der Waals surface area (Å²) in [6.45, 7) is 0.601. The van der Waals surface area contributed by atoms with Crippen LogP contribution in [0.15, 0.2) is 48.5 Å². The van der Waals surface area contributed by atoms with Crippen molar-refractivity contribution in [3.05, 3.63) is 59.8 Å². The van der Waals surface area contributed by atoms with Gasteiger partial charge in [-0.25, -0.2) is 0 Å². The van der Waals surface area contributed by atoms with E-state index in [-0.39, 0.29) is 5.91 Å². The largest absolute Gasteiger partial charge is 0.493 e. The van der Waals surface area contributed by atoms with E-state index in [1.807, 2.05) is 42.5 Å². The predicted octanol–water partition coefficient (Wildman–Crippen LogP) is 2.54. The number of para-hydroxylation sites is 1. The molecule has 0 aliphatic rings. The summed E-state index contributed by atoms with van der Waals surface area (Å²) in [5.74, 6) is 1.09. The van der Waals surface area contributed by atoms with E-state index in [1.165, 1.54) is 0 Å². The molecule has 0 atom stereocenters. The molecule has 3 rings (SSSR count). The van der Waals surface area contributed by atoms with Crippen molar-refractivity contribution in [3.63, 3.8) is 0 Å². The number of aromatic amines is 1. The fourth-order valence-corrected chi connectivity index (χ4v) is 2.93. The summed E-state index contributed by atoms with van der Waals surface area (Å²) < 4.78 is 10.5. The Labute approximate surface area is 168 Å². The first-order chi connectivity index (χ1) is 13.6. The molecule has 0 fully saturated rings. The van der Waals surface area contributed by atoms with Gasteiger partial charge in [0.15, 0.2) is 16.6 Å². The predicted molar refractivity (Wildman–Crippen MR) is 113 cm³/mol. The summed E-state index contributed by atoms with van der Waals surface area (Å²) in [6.07, 6.45) is 0.734. The molecule has 28 heavy (non-hydrogen) atoms. The van der Waals surface area contributed by atoms with Gasteiger partial charge in [0.05, 0.1) is 14.2 Å². The maximum Gasteiger partial charge on any atom is 0.286 e. The molecule has 0 aliphatic carbocycles. The zero-order chi connectivity index (χ0) is 19.9. The number of hydrogen-bond acceptors (Lipinski definition) is 4. The molecule has 0 bridgehead atoms. The van der Waals surface area contributed by atoms with Crippen molar-refractivity contribution in [2.75, 3.05) is 20.8 Å². The van der Waals surface area contributed by atoms with Crippen LogP contribution in [-0.4, -0.2) is 36.8 Å². The molecule has 0 saturated heterocycles. The van der Waals surface area contributed by atoms with Crippen molar-refractivity contribution < 1.29 is 14.3 Å². The third-order valence-corrected chi connectivity index (χ3v) is 4.46. The highest BCUT2D eigenvalue weighted by atomic mass is 32.1. The topological polar surface area (TPSA) is 87.4 Å². The summed E-state index contributed by atoms with van der Waals surface area (Å²) in [4.78, 5) is 15.3. The minimum absolute atomic E-state index is 0.291. The number of ether oxygens (including phenoxy) is 2. The fraction of sp³-hybridized carbons (Fsp3) is 0.200. The quantitative estimate of drug-likeness (QED) is 0.377. The lowest BCUT2D eigenvalue weighted by atomic mass is 10.1. The number of methoxy groups -OCH3 is 2. The molecule has 0 unspecified atom stereocenters. The Morgan fingerprint density at radius 3 is 2.57 bits per heavy atom. The Morgan fingerprint density at radius 1 is 1.04 bits per heavy atom. The highest BCUT2D eigenvalue weighted by molar-refractivity contribution is 7.80. The number of thiocarbonyl (C=S) groups is 1. The summed E-state index contributed by atoms with van der Waals surface area (Å²) >= 11 is 5.20. The molecule has 0 radical (unpaired) electrons. The van der Waals surface area contributed by atoms with E-state index in [0.717, 1.165) is 22.9 Å². The molecule has 3 aromatic rings. The third kappa shape index (κ3) is 4.72. The van der Waals surface area contributed by atoms with Gasteiger partial charge in [-0.15, -0.1) is 0 Å². The highest BCUT2D eigenvalue weighted by Gasteiger charge is 2.09. The van der Waals surface area contributed by atoms with Crippen LogP contribution in [0.1, 0.15) is 16.1 Å². The van der Waals surface area contributed by atoms with Gasteiger partial charge in [0.2, 0.25) is 0 Å². The van der Waals surface area contributed by atoms with Crippen LogP contribution in [0.3, 0.4) is 0 Å². The lowest BCUT2D eigenvalue weighted by molar-refractivity contribution is 0.0939. The van der Waals surface area contributed by atoms with Crippen molar-refractivity contribution in [3.8, 4) is 11.5 Å². The number of hydrogen-bond donors (Lipinski definition) is 4. The van der Waals surface area contributed by atoms with Gasteiger partial charge in [-0.05, 0) is 48.5 Å². The number of H-pyrrole nitrogens is 1. The van der Waals surface area contributed by atoms with E-state index in [2.05, 4.69) is 21.2 Å². The average molecular weight is 398 g/mol. The van der Waals surface area contributed by atoms with E-state index in [1.54, 1.807) is 20.3 Å². The summed E-state index contributed by atoms with van der Waals surface area (Å²) in [7, 11) is 3.21. The molecule has 0 saturated carbocycles. The zero-order valence-electron chi connectivity index (χ0n) is 15.7. The van der Waals surface area contributed by atoms with Crippen molar-refractivity contribution in [2.45, 2.75) is 6.42 Å². The van der Waals surface area contributed by atoms with Crippen LogP contribution in [0.4, 0.5) is 0 Å². The molecule has 0 aliphatic heterocycles. The second-order valence-electron chi connectivity index (χ2n) is 6.04. The van der Waals surface area contributed by atoms with Gasteiger partial charge in [-0.2, -0.15) is 0 Å². The SMILES string of the molecule is COc1ccc(CCNC(=S)NNC(=O)c2cc3ccccc3[nH]2)cc1OC. The molecule has 2 aromatic carbocycles. The lowest BCUT2D eigenvalue weighted by Gasteiger charge is -2.12. The second kappa shape index (κ2) is 9.09. The van der Waals surface area contributed by atoms with Gasteiger partial charge in [0.25, 0.3) is 5.91 Å². The number of carbonyl (C=O) groups excluding carboxylic acids is 1. The number of rotatable bonds is 6. The normalized spacial score (nSPS) is 10.4. The van der Waals surface area contributed by atoms with Gasteiger partial charge < -0.3 is 19.8 Å². The van der Waals surface area contributed by atoms with E-state index in [4.69, 9.17) is 21.7 Å². The Bertz CT molecular complexity index is 953. The molecule has 0 spiro atoms. The molecule has 7 nitrogen and oxygen atoms in total. The minimum Gasteiger partial charge on any atom is -0.493 e. The number of benzene rings is 2. The summed E-state index contributed by atoms with van der Waals surface area (Å²) in [5, 5.41) is 4.37. The molecule has 1 heterocycles. The number of carbonyl (C=O) groups is 1. The maximum atomic E-state index is 12.2. The monoisotopic (exact) mass is 398 g/mol. The Kier molecular flexibility index (Phi) is 6.33. The van der Waals surface area contributed by atoms with Crippen LogP contribution in [0, 0.1) is 0 Å². The van der Waals surface area contributed by atoms with Crippen molar-refractivity contribution >= 4 is 34.1 Å². The van der Waals surface area contributed by atoms with Crippen LogP contribution in [0.25, 0.3) is 10.9 Å².